The van der Waals surface area contributed by atoms with E-state index < -0.39 is 0 Å². The molecular weight excluding hydrogens is 423 g/mol. The van der Waals surface area contributed by atoms with Crippen molar-refractivity contribution in [2.45, 2.75) is 0 Å². The van der Waals surface area contributed by atoms with Crippen molar-refractivity contribution in [1.29, 1.82) is 10.5 Å². The van der Waals surface area contributed by atoms with Crippen LogP contribution in [0.25, 0.3) is 4.85 Å². The average molecular weight is 434 g/mol. The molecule has 0 saturated heterocycles. The molecule has 0 N–H and O–H groups in total. The van der Waals surface area contributed by atoms with Gasteiger partial charge in [0.2, 0.25) is 6.71 Å². The first kappa shape index (κ1) is 18.4. The molecule has 4 aromatic carbocycles. The van der Waals surface area contributed by atoms with E-state index >= 15 is 0 Å². The van der Waals surface area contributed by atoms with Crippen LogP contribution in [0.5, 0.6) is 23.0 Å². The molecule has 34 heavy (non-hydrogen) atoms. The minimum absolute atomic E-state index is 0.219. The van der Waals surface area contributed by atoms with Crippen LogP contribution in [0.3, 0.4) is 0 Å². The second-order valence-electron chi connectivity index (χ2n) is 8.33. The lowest BCUT2D eigenvalue weighted by Gasteiger charge is -2.44. The zero-order valence-corrected chi connectivity index (χ0v) is 17.5. The van der Waals surface area contributed by atoms with E-state index in [2.05, 4.69) is 34.0 Å². The number of hydrogen-bond donors (Lipinski definition) is 0. The van der Waals surface area contributed by atoms with E-state index in [1.165, 1.54) is 0 Å². The maximum Gasteiger partial charge on any atom is 0.245 e. The van der Waals surface area contributed by atoms with Crippen molar-refractivity contribution in [2.75, 3.05) is 4.90 Å². The third kappa shape index (κ3) is 2.27. The number of rotatable bonds is 1. The van der Waals surface area contributed by atoms with E-state index in [1.807, 2.05) is 30.3 Å². The summed E-state index contributed by atoms with van der Waals surface area (Å²) in [4.78, 5) is 5.79. The summed E-state index contributed by atoms with van der Waals surface area (Å²) in [7, 11) is 0. The van der Waals surface area contributed by atoms with E-state index in [9.17, 15) is 10.5 Å². The molecule has 6 nitrogen and oxygen atoms in total. The fourth-order valence-corrected chi connectivity index (χ4v) is 5.21. The third-order valence-electron chi connectivity index (χ3n) is 6.49. The highest BCUT2D eigenvalue weighted by Crippen LogP contribution is 2.60. The van der Waals surface area contributed by atoms with Crippen LogP contribution in [0.1, 0.15) is 11.1 Å². The van der Waals surface area contributed by atoms with E-state index in [0.29, 0.717) is 45.5 Å². The van der Waals surface area contributed by atoms with Crippen LogP contribution in [-0.2, 0) is 0 Å². The first-order valence-electron chi connectivity index (χ1n) is 10.6. The Kier molecular flexibility index (Phi) is 3.47. The zero-order chi connectivity index (χ0) is 23.0. The molecule has 0 unspecified atom stereocenters. The van der Waals surface area contributed by atoms with Crippen molar-refractivity contribution in [3.63, 3.8) is 0 Å². The van der Waals surface area contributed by atoms with Crippen molar-refractivity contribution in [3.05, 3.63) is 89.3 Å². The summed E-state index contributed by atoms with van der Waals surface area (Å²) in [5.41, 5.74) is 6.64. The number of benzene rings is 4. The molecular formula is C27H11BN4O2. The normalized spacial score (nSPS) is 13.0. The molecule has 0 radical (unpaired) electrons. The van der Waals surface area contributed by atoms with Crippen molar-refractivity contribution >= 4 is 45.9 Å². The molecule has 4 aromatic rings. The maximum absolute atomic E-state index is 9.79. The molecule has 0 saturated carbocycles. The van der Waals surface area contributed by atoms with Crippen molar-refractivity contribution in [2.24, 2.45) is 0 Å². The Hall–Kier alpha value is -5.19. The molecule has 0 amide bonds. The SMILES string of the molecule is [C-]#[N+]c1cc2c3c(c1)B(c1ccccc1)c1cc(C#N)cc4c1N3c1c(cc(C#N)cc1O2)O4. The molecule has 3 aliphatic rings. The number of hydrogen-bond acceptors (Lipinski definition) is 5. The van der Waals surface area contributed by atoms with Gasteiger partial charge < -0.3 is 9.47 Å². The molecule has 0 spiro atoms. The highest BCUT2D eigenvalue weighted by Gasteiger charge is 2.45. The fourth-order valence-electron chi connectivity index (χ4n) is 5.21. The summed E-state index contributed by atoms with van der Waals surface area (Å²) in [6.07, 6.45) is 0. The number of ether oxygens (including phenoxy) is 2. The third-order valence-corrected chi connectivity index (χ3v) is 6.49. The summed E-state index contributed by atoms with van der Waals surface area (Å²) in [5, 5.41) is 19.3. The van der Waals surface area contributed by atoms with Gasteiger partial charge in [-0.25, -0.2) is 4.85 Å². The zero-order valence-electron chi connectivity index (χ0n) is 17.5. The molecule has 0 fully saturated rings. The summed E-state index contributed by atoms with van der Waals surface area (Å²) < 4.78 is 12.6. The first-order valence-corrected chi connectivity index (χ1v) is 10.6. The Morgan fingerprint density at radius 3 is 1.91 bits per heavy atom. The number of anilines is 3. The fraction of sp³-hybridized carbons (Fsp3) is 0. The molecule has 0 atom stereocenters. The van der Waals surface area contributed by atoms with E-state index in [0.717, 1.165) is 27.8 Å². The van der Waals surface area contributed by atoms with Crippen LogP contribution in [0.15, 0.2) is 66.7 Å². The highest BCUT2D eigenvalue weighted by atomic mass is 16.5. The summed E-state index contributed by atoms with van der Waals surface area (Å²) in [6.45, 7) is 7.46. The Bertz CT molecular complexity index is 1610. The quantitative estimate of drug-likeness (QED) is 0.281. The Balaban J connectivity index is 1.65. The molecule has 0 bridgehead atoms. The van der Waals surface area contributed by atoms with Crippen molar-refractivity contribution in [3.8, 4) is 35.1 Å². The molecule has 3 heterocycles. The van der Waals surface area contributed by atoms with Crippen LogP contribution in [0.4, 0.5) is 22.7 Å². The minimum Gasteiger partial charge on any atom is -0.454 e. The van der Waals surface area contributed by atoms with Gasteiger partial charge >= 0.3 is 0 Å². The van der Waals surface area contributed by atoms with Crippen molar-refractivity contribution < 1.29 is 9.47 Å². The molecule has 3 aliphatic heterocycles. The first-order chi connectivity index (χ1) is 16.7. The summed E-state index contributed by atoms with van der Waals surface area (Å²) >= 11 is 0. The van der Waals surface area contributed by atoms with Gasteiger partial charge in [0.05, 0.1) is 41.2 Å². The number of nitriles is 2. The predicted molar refractivity (Wildman–Crippen MR) is 128 cm³/mol. The average Bonchev–Trinajstić information content (AvgIpc) is 2.88. The van der Waals surface area contributed by atoms with Gasteiger partial charge in [0.25, 0.3) is 0 Å². The smallest absolute Gasteiger partial charge is 0.245 e. The van der Waals surface area contributed by atoms with Crippen LogP contribution < -0.4 is 30.8 Å². The standard InChI is InChI=1S/C27H11BN4O2/c1-31-18-11-20-26-24(12-18)34-23-10-16(14-30)9-22-27(23)32(26)25-19(7-15(13-29)8-21(25)33-22)28(20)17-5-3-2-4-6-17/h2-12H. The van der Waals surface area contributed by atoms with Crippen molar-refractivity contribution in [1.82, 2.24) is 0 Å². The van der Waals surface area contributed by atoms with E-state index in [-0.39, 0.29) is 6.71 Å². The van der Waals surface area contributed by atoms with Gasteiger partial charge in [0, 0.05) is 18.2 Å². The van der Waals surface area contributed by atoms with E-state index in [4.69, 9.17) is 16.0 Å². The maximum atomic E-state index is 9.79. The second kappa shape index (κ2) is 6.42. The topological polar surface area (TPSA) is 73.6 Å². The van der Waals surface area contributed by atoms with Gasteiger partial charge in [-0.1, -0.05) is 47.3 Å². The lowest BCUT2D eigenvalue weighted by atomic mass is 9.35. The Morgan fingerprint density at radius 2 is 1.29 bits per heavy atom. The lowest BCUT2D eigenvalue weighted by Crippen LogP contribution is -2.58. The van der Waals surface area contributed by atoms with E-state index in [1.54, 1.807) is 24.3 Å². The Morgan fingerprint density at radius 1 is 0.735 bits per heavy atom. The molecule has 7 rings (SSSR count). The second-order valence-corrected chi connectivity index (χ2v) is 8.33. The van der Waals surface area contributed by atoms with Gasteiger partial charge in [-0.15, -0.1) is 0 Å². The van der Waals surface area contributed by atoms with Crippen LogP contribution in [-0.4, -0.2) is 6.71 Å². The lowest BCUT2D eigenvalue weighted by molar-refractivity contribution is 0.446. The van der Waals surface area contributed by atoms with Gasteiger partial charge in [-0.2, -0.15) is 10.5 Å². The molecule has 0 aromatic heterocycles. The van der Waals surface area contributed by atoms with Gasteiger partial charge in [0.1, 0.15) is 11.4 Å². The number of nitrogens with zero attached hydrogens (tertiary/aromatic N) is 4. The predicted octanol–water partition coefficient (Wildman–Crippen LogP) is 4.49. The van der Waals surface area contributed by atoms with Gasteiger partial charge in [0.15, 0.2) is 22.9 Å². The molecule has 7 heteroatoms. The summed E-state index contributed by atoms with van der Waals surface area (Å²) in [6, 6.07) is 25.1. The highest BCUT2D eigenvalue weighted by molar-refractivity contribution is 6.98. The van der Waals surface area contributed by atoms with Crippen LogP contribution >= 0.6 is 0 Å². The molecule has 154 valence electrons. The minimum atomic E-state index is -0.219. The van der Waals surface area contributed by atoms with Crippen LogP contribution in [0.2, 0.25) is 0 Å². The summed E-state index contributed by atoms with van der Waals surface area (Å²) in [5.74, 6) is 2.09. The molecule has 0 aliphatic carbocycles. The van der Waals surface area contributed by atoms with Gasteiger partial charge in [-0.3, -0.25) is 4.90 Å². The largest absolute Gasteiger partial charge is 0.454 e. The monoisotopic (exact) mass is 434 g/mol. The van der Waals surface area contributed by atoms with Crippen LogP contribution in [0, 0.1) is 29.2 Å². The Labute approximate surface area is 195 Å². The van der Waals surface area contributed by atoms with Gasteiger partial charge in [-0.05, 0) is 17.6 Å².